The molecule has 0 atom stereocenters. The summed E-state index contributed by atoms with van der Waals surface area (Å²) in [6.45, 7) is -0.308. The number of sulfonamides is 1. The molecular formula is C15H14N2O5S. The summed E-state index contributed by atoms with van der Waals surface area (Å²) < 4.78 is 36.9. The highest BCUT2D eigenvalue weighted by Gasteiger charge is 2.20. The maximum absolute atomic E-state index is 12.2. The van der Waals surface area contributed by atoms with Gasteiger partial charge in [-0.2, -0.15) is 0 Å². The van der Waals surface area contributed by atoms with Crippen LogP contribution in [0.25, 0.3) is 0 Å². The van der Waals surface area contributed by atoms with Crippen LogP contribution in [-0.2, 0) is 14.8 Å². The van der Waals surface area contributed by atoms with E-state index in [-0.39, 0.29) is 18.2 Å². The summed E-state index contributed by atoms with van der Waals surface area (Å²) in [5.74, 6) is 0.396. The van der Waals surface area contributed by atoms with Crippen LogP contribution >= 0.6 is 0 Å². The number of anilines is 1. The number of fused-ring (bicyclic) bond motifs is 1. The number of hydrogen-bond donors (Lipinski definition) is 2. The molecule has 0 unspecified atom stereocenters. The number of benzene rings is 2. The maximum atomic E-state index is 12.2. The van der Waals surface area contributed by atoms with E-state index in [1.807, 2.05) is 6.07 Å². The number of para-hydroxylation sites is 1. The van der Waals surface area contributed by atoms with Gasteiger partial charge < -0.3 is 14.8 Å². The Morgan fingerprint density at radius 1 is 1.04 bits per heavy atom. The van der Waals surface area contributed by atoms with Crippen LogP contribution in [0.15, 0.2) is 53.4 Å². The summed E-state index contributed by atoms with van der Waals surface area (Å²) in [5.41, 5.74) is 0.597. The Morgan fingerprint density at radius 2 is 1.78 bits per heavy atom. The zero-order valence-electron chi connectivity index (χ0n) is 12.0. The van der Waals surface area contributed by atoms with Crippen molar-refractivity contribution in [3.05, 3.63) is 48.5 Å². The molecule has 0 bridgehead atoms. The topological polar surface area (TPSA) is 93.7 Å². The van der Waals surface area contributed by atoms with E-state index in [1.54, 1.807) is 24.3 Å². The first-order valence-corrected chi connectivity index (χ1v) is 8.27. The van der Waals surface area contributed by atoms with Gasteiger partial charge in [-0.25, -0.2) is 13.1 Å². The molecule has 0 fully saturated rings. The largest absolute Gasteiger partial charge is 0.454 e. The minimum Gasteiger partial charge on any atom is -0.454 e. The Balaban J connectivity index is 1.64. The summed E-state index contributed by atoms with van der Waals surface area (Å²) in [5, 5.41) is 2.60. The first kappa shape index (κ1) is 15.3. The van der Waals surface area contributed by atoms with Gasteiger partial charge in [0.05, 0.1) is 11.4 Å². The van der Waals surface area contributed by atoms with Crippen LogP contribution in [0, 0.1) is 0 Å². The van der Waals surface area contributed by atoms with E-state index in [4.69, 9.17) is 9.47 Å². The van der Waals surface area contributed by atoms with Crippen LogP contribution in [0.5, 0.6) is 11.5 Å². The molecule has 7 nitrogen and oxygen atoms in total. The molecule has 1 aliphatic rings. The van der Waals surface area contributed by atoms with Crippen molar-refractivity contribution < 1.29 is 22.7 Å². The van der Waals surface area contributed by atoms with Gasteiger partial charge in [-0.3, -0.25) is 4.79 Å². The second-order valence-electron chi connectivity index (χ2n) is 4.75. The molecular weight excluding hydrogens is 320 g/mol. The van der Waals surface area contributed by atoms with Crippen LogP contribution in [-0.4, -0.2) is 27.7 Å². The van der Waals surface area contributed by atoms with Crippen molar-refractivity contribution in [1.29, 1.82) is 0 Å². The maximum Gasteiger partial charge on any atom is 0.241 e. The van der Waals surface area contributed by atoms with Gasteiger partial charge in [0.2, 0.25) is 22.7 Å². The summed E-state index contributed by atoms with van der Waals surface area (Å²) >= 11 is 0. The van der Waals surface area contributed by atoms with Gasteiger partial charge in [0, 0.05) is 11.8 Å². The zero-order valence-corrected chi connectivity index (χ0v) is 12.8. The molecule has 120 valence electrons. The SMILES string of the molecule is O=C(CNS(=O)(=O)c1ccc2c(c1)OCO2)Nc1ccccc1. The summed E-state index contributed by atoms with van der Waals surface area (Å²) in [4.78, 5) is 11.8. The minimum atomic E-state index is -3.82. The van der Waals surface area contributed by atoms with E-state index in [0.29, 0.717) is 17.2 Å². The molecule has 23 heavy (non-hydrogen) atoms. The Bertz CT molecular complexity index is 821. The fourth-order valence-corrected chi connectivity index (χ4v) is 3.01. The van der Waals surface area contributed by atoms with Crippen molar-refractivity contribution in [3.8, 4) is 11.5 Å². The third-order valence-corrected chi connectivity index (χ3v) is 4.53. The van der Waals surface area contributed by atoms with Gasteiger partial charge in [-0.15, -0.1) is 0 Å². The first-order valence-electron chi connectivity index (χ1n) is 6.79. The monoisotopic (exact) mass is 334 g/mol. The molecule has 2 aromatic rings. The molecule has 0 aromatic heterocycles. The lowest BCUT2D eigenvalue weighted by molar-refractivity contribution is -0.115. The molecule has 0 saturated carbocycles. The molecule has 0 saturated heterocycles. The Hall–Kier alpha value is -2.58. The van der Waals surface area contributed by atoms with Crippen molar-refractivity contribution in [2.75, 3.05) is 18.7 Å². The molecule has 0 spiro atoms. The van der Waals surface area contributed by atoms with Crippen molar-refractivity contribution in [1.82, 2.24) is 4.72 Å². The number of rotatable bonds is 5. The fraction of sp³-hybridized carbons (Fsp3) is 0.133. The van der Waals surface area contributed by atoms with Crippen molar-refractivity contribution in [2.24, 2.45) is 0 Å². The van der Waals surface area contributed by atoms with E-state index in [0.717, 1.165) is 0 Å². The highest BCUT2D eigenvalue weighted by Crippen LogP contribution is 2.33. The van der Waals surface area contributed by atoms with E-state index in [1.165, 1.54) is 18.2 Å². The first-order chi connectivity index (χ1) is 11.0. The number of carbonyl (C=O) groups excluding carboxylic acids is 1. The average Bonchev–Trinajstić information content (AvgIpc) is 3.02. The second kappa shape index (κ2) is 6.27. The van der Waals surface area contributed by atoms with E-state index >= 15 is 0 Å². The standard InChI is InChI=1S/C15H14N2O5S/c18-15(17-11-4-2-1-3-5-11)9-16-23(19,20)12-6-7-13-14(8-12)22-10-21-13/h1-8,16H,9-10H2,(H,17,18). The summed E-state index contributed by atoms with van der Waals surface area (Å²) in [6.07, 6.45) is 0. The van der Waals surface area contributed by atoms with Crippen molar-refractivity contribution in [3.63, 3.8) is 0 Å². The van der Waals surface area contributed by atoms with Crippen LogP contribution in [0.2, 0.25) is 0 Å². The van der Waals surface area contributed by atoms with Crippen LogP contribution in [0.1, 0.15) is 0 Å². The number of hydrogen-bond acceptors (Lipinski definition) is 5. The molecule has 8 heteroatoms. The molecule has 0 aliphatic carbocycles. The quantitative estimate of drug-likeness (QED) is 0.860. The molecule has 1 amide bonds. The van der Waals surface area contributed by atoms with Crippen LogP contribution < -0.4 is 19.5 Å². The predicted molar refractivity (Wildman–Crippen MR) is 82.8 cm³/mol. The lowest BCUT2D eigenvalue weighted by Gasteiger charge is -2.08. The molecule has 2 aromatic carbocycles. The number of nitrogens with one attached hydrogen (secondary N) is 2. The van der Waals surface area contributed by atoms with E-state index < -0.39 is 15.9 Å². The highest BCUT2D eigenvalue weighted by atomic mass is 32.2. The summed E-state index contributed by atoms with van der Waals surface area (Å²) in [6, 6.07) is 13.1. The molecule has 2 N–H and O–H groups in total. The van der Waals surface area contributed by atoms with E-state index in [2.05, 4.69) is 10.0 Å². The minimum absolute atomic E-state index is 0.00858. The molecule has 1 heterocycles. The van der Waals surface area contributed by atoms with Crippen LogP contribution in [0.3, 0.4) is 0 Å². The highest BCUT2D eigenvalue weighted by molar-refractivity contribution is 7.89. The smallest absolute Gasteiger partial charge is 0.241 e. The molecule has 3 rings (SSSR count). The van der Waals surface area contributed by atoms with Crippen molar-refractivity contribution >= 4 is 21.6 Å². The fourth-order valence-electron chi connectivity index (χ4n) is 2.01. The predicted octanol–water partition coefficient (Wildman–Crippen LogP) is 1.33. The third-order valence-electron chi connectivity index (χ3n) is 3.13. The lowest BCUT2D eigenvalue weighted by atomic mass is 10.3. The number of ether oxygens (including phenoxy) is 2. The van der Waals surface area contributed by atoms with Crippen molar-refractivity contribution in [2.45, 2.75) is 4.90 Å². The normalized spacial score (nSPS) is 12.9. The Labute approximate surface area is 133 Å². The number of carbonyl (C=O) groups is 1. The van der Waals surface area contributed by atoms with Gasteiger partial charge in [0.25, 0.3) is 0 Å². The Kier molecular flexibility index (Phi) is 4.18. The van der Waals surface area contributed by atoms with Crippen LogP contribution in [0.4, 0.5) is 5.69 Å². The van der Waals surface area contributed by atoms with Gasteiger partial charge >= 0.3 is 0 Å². The number of amides is 1. The van der Waals surface area contributed by atoms with E-state index in [9.17, 15) is 13.2 Å². The third kappa shape index (κ3) is 3.61. The zero-order chi connectivity index (χ0) is 16.3. The lowest BCUT2D eigenvalue weighted by Crippen LogP contribution is -2.32. The molecule has 0 radical (unpaired) electrons. The van der Waals surface area contributed by atoms with Gasteiger partial charge in [0.1, 0.15) is 0 Å². The van der Waals surface area contributed by atoms with Gasteiger partial charge in [-0.05, 0) is 24.3 Å². The van der Waals surface area contributed by atoms with Gasteiger partial charge in [-0.1, -0.05) is 18.2 Å². The second-order valence-corrected chi connectivity index (χ2v) is 6.52. The average molecular weight is 334 g/mol. The Morgan fingerprint density at radius 3 is 2.57 bits per heavy atom. The molecule has 1 aliphatic heterocycles. The van der Waals surface area contributed by atoms with Gasteiger partial charge in [0.15, 0.2) is 11.5 Å². The summed E-state index contributed by atoms with van der Waals surface area (Å²) in [7, 11) is -3.82.